The topological polar surface area (TPSA) is 60.5 Å². The van der Waals surface area contributed by atoms with Crippen molar-refractivity contribution in [3.05, 3.63) is 29.6 Å². The number of hydrogen-bond acceptors (Lipinski definition) is 3. The average molecular weight is 128 g/mol. The molecule has 3 nitrogen and oxygen atoms in total. The highest BCUT2D eigenvalue weighted by Crippen LogP contribution is 1.94. The third-order valence-corrected chi connectivity index (χ3v) is 0.910. The van der Waals surface area contributed by atoms with Gasteiger partial charge in [0.2, 0.25) is 0 Å². The molecule has 0 saturated carbocycles. The molecule has 0 spiro atoms. The van der Waals surface area contributed by atoms with Crippen LogP contribution in [0.1, 0.15) is 11.4 Å². The number of rotatable bonds is 0. The van der Waals surface area contributed by atoms with Crippen LogP contribution in [0, 0.1) is 28.7 Å². The Morgan fingerprint density at radius 3 is 2.10 bits per heavy atom. The first-order chi connectivity index (χ1) is 4.86. The summed E-state index contributed by atoms with van der Waals surface area (Å²) in [5, 5.41) is 16.6. The smallest absolute Gasteiger partial charge is 0.142 e. The van der Waals surface area contributed by atoms with Crippen molar-refractivity contribution < 1.29 is 0 Å². The van der Waals surface area contributed by atoms with Gasteiger partial charge in [0.25, 0.3) is 0 Å². The van der Waals surface area contributed by atoms with Crippen molar-refractivity contribution in [3.8, 4) is 12.1 Å². The minimum Gasteiger partial charge on any atom is -0.226 e. The summed E-state index contributed by atoms with van der Waals surface area (Å²) in [6.07, 6.45) is 0. The largest absolute Gasteiger partial charge is 0.226 e. The summed E-state index contributed by atoms with van der Waals surface area (Å²) < 4.78 is 0. The summed E-state index contributed by atoms with van der Waals surface area (Å²) in [4.78, 5) is 3.66. The van der Waals surface area contributed by atoms with Crippen molar-refractivity contribution >= 4 is 0 Å². The Kier molecular flexibility index (Phi) is 1.63. The predicted octanol–water partition coefficient (Wildman–Crippen LogP) is 0.625. The van der Waals surface area contributed by atoms with Gasteiger partial charge in [0.15, 0.2) is 0 Å². The molecule has 10 heavy (non-hydrogen) atoms. The number of nitrogens with zero attached hydrogens (tertiary/aromatic N) is 3. The van der Waals surface area contributed by atoms with Crippen molar-refractivity contribution in [2.75, 3.05) is 0 Å². The number of aromatic nitrogens is 1. The Bertz CT molecular complexity index is 287. The summed E-state index contributed by atoms with van der Waals surface area (Å²) in [7, 11) is 0. The number of pyridine rings is 1. The third-order valence-electron chi connectivity index (χ3n) is 0.910. The molecule has 0 amide bonds. The molecule has 0 bridgehead atoms. The SMILES string of the molecule is N#Cc1c[c]cc(C#N)n1. The summed E-state index contributed by atoms with van der Waals surface area (Å²) in [5.41, 5.74) is 0.443. The van der Waals surface area contributed by atoms with Gasteiger partial charge in [0.1, 0.15) is 23.5 Å². The van der Waals surface area contributed by atoms with Crippen LogP contribution in [0.3, 0.4) is 0 Å². The van der Waals surface area contributed by atoms with Gasteiger partial charge in [-0.1, -0.05) is 0 Å². The summed E-state index contributed by atoms with van der Waals surface area (Å²) in [6, 6.07) is 9.10. The number of nitriles is 2. The fraction of sp³-hybridized carbons (Fsp3) is 0. The second-order valence-electron chi connectivity index (χ2n) is 1.56. The highest BCUT2D eigenvalue weighted by molar-refractivity contribution is 5.27. The van der Waals surface area contributed by atoms with Crippen molar-refractivity contribution in [2.45, 2.75) is 0 Å². The van der Waals surface area contributed by atoms with Crippen LogP contribution in [0.4, 0.5) is 0 Å². The van der Waals surface area contributed by atoms with Crippen LogP contribution in [0.25, 0.3) is 0 Å². The van der Waals surface area contributed by atoms with Gasteiger partial charge in [-0.15, -0.1) is 0 Å². The summed E-state index contributed by atoms with van der Waals surface area (Å²) >= 11 is 0. The molecule has 1 aromatic rings. The molecule has 0 aliphatic heterocycles. The van der Waals surface area contributed by atoms with Gasteiger partial charge >= 0.3 is 0 Å². The second-order valence-corrected chi connectivity index (χ2v) is 1.56. The maximum absolute atomic E-state index is 8.32. The maximum Gasteiger partial charge on any atom is 0.142 e. The van der Waals surface area contributed by atoms with Crippen LogP contribution in [-0.4, -0.2) is 4.98 Å². The maximum atomic E-state index is 8.32. The monoisotopic (exact) mass is 128 g/mol. The molecule has 1 radical (unpaired) electrons. The van der Waals surface area contributed by atoms with E-state index in [4.69, 9.17) is 10.5 Å². The Hall–Kier alpha value is -1.87. The Labute approximate surface area is 58.2 Å². The van der Waals surface area contributed by atoms with Crippen molar-refractivity contribution in [1.82, 2.24) is 4.98 Å². The molecule has 0 aliphatic rings. The fourth-order valence-electron chi connectivity index (χ4n) is 0.508. The Morgan fingerprint density at radius 2 is 1.70 bits per heavy atom. The van der Waals surface area contributed by atoms with Crippen LogP contribution in [-0.2, 0) is 0 Å². The van der Waals surface area contributed by atoms with Crippen LogP contribution >= 0.6 is 0 Å². The molecule has 0 aromatic carbocycles. The minimum atomic E-state index is 0.221. The molecular weight excluding hydrogens is 126 g/mol. The molecule has 0 aliphatic carbocycles. The van der Waals surface area contributed by atoms with Gasteiger partial charge in [-0.25, -0.2) is 4.98 Å². The Morgan fingerprint density at radius 1 is 1.20 bits per heavy atom. The molecule has 1 aromatic heterocycles. The van der Waals surface area contributed by atoms with Crippen LogP contribution in [0.15, 0.2) is 12.1 Å². The molecule has 0 atom stereocenters. The lowest BCUT2D eigenvalue weighted by Crippen LogP contribution is -1.85. The first-order valence-electron chi connectivity index (χ1n) is 2.55. The standard InChI is InChI=1S/C7H2N3/c8-4-6-2-1-3-7(5-9)10-6/h2-3H. The van der Waals surface area contributed by atoms with Gasteiger partial charge in [-0.2, -0.15) is 10.5 Å². The first-order valence-corrected chi connectivity index (χ1v) is 2.55. The van der Waals surface area contributed by atoms with Gasteiger partial charge in [-0.3, -0.25) is 0 Å². The van der Waals surface area contributed by atoms with E-state index in [0.717, 1.165) is 0 Å². The zero-order chi connectivity index (χ0) is 7.40. The van der Waals surface area contributed by atoms with E-state index in [1.807, 2.05) is 12.1 Å². The van der Waals surface area contributed by atoms with E-state index in [0.29, 0.717) is 0 Å². The zero-order valence-electron chi connectivity index (χ0n) is 5.00. The average Bonchev–Trinajstić information content (AvgIpc) is 2.05. The van der Waals surface area contributed by atoms with Gasteiger partial charge in [-0.05, 0) is 18.2 Å². The molecular formula is C7H2N3. The van der Waals surface area contributed by atoms with Gasteiger partial charge in [0.05, 0.1) is 0 Å². The molecule has 45 valence electrons. The quantitative estimate of drug-likeness (QED) is 0.514. The third kappa shape index (κ3) is 1.10. The molecule has 0 N–H and O–H groups in total. The lowest BCUT2D eigenvalue weighted by Gasteiger charge is -1.85. The van der Waals surface area contributed by atoms with E-state index in [9.17, 15) is 0 Å². The zero-order valence-corrected chi connectivity index (χ0v) is 5.00. The van der Waals surface area contributed by atoms with E-state index >= 15 is 0 Å². The van der Waals surface area contributed by atoms with Crippen molar-refractivity contribution in [1.29, 1.82) is 10.5 Å². The van der Waals surface area contributed by atoms with E-state index in [1.54, 1.807) is 0 Å². The van der Waals surface area contributed by atoms with Gasteiger partial charge in [0, 0.05) is 0 Å². The predicted molar refractivity (Wildman–Crippen MR) is 32.5 cm³/mol. The lowest BCUT2D eigenvalue weighted by atomic mass is 10.3. The van der Waals surface area contributed by atoms with Crippen LogP contribution in [0.5, 0.6) is 0 Å². The molecule has 0 fully saturated rings. The Balaban J connectivity index is 3.17. The van der Waals surface area contributed by atoms with Crippen molar-refractivity contribution in [2.24, 2.45) is 0 Å². The van der Waals surface area contributed by atoms with Crippen LogP contribution < -0.4 is 0 Å². The number of hydrogen-bond donors (Lipinski definition) is 0. The summed E-state index contributed by atoms with van der Waals surface area (Å²) in [5.74, 6) is 0. The minimum absolute atomic E-state index is 0.221. The molecule has 1 heterocycles. The van der Waals surface area contributed by atoms with E-state index in [1.165, 1.54) is 12.1 Å². The fourth-order valence-corrected chi connectivity index (χ4v) is 0.508. The summed E-state index contributed by atoms with van der Waals surface area (Å²) in [6.45, 7) is 0. The highest BCUT2D eigenvalue weighted by Gasteiger charge is 1.92. The molecule has 0 saturated heterocycles. The van der Waals surface area contributed by atoms with Crippen LogP contribution in [0.2, 0.25) is 0 Å². The molecule has 3 heteroatoms. The van der Waals surface area contributed by atoms with E-state index in [2.05, 4.69) is 11.1 Å². The van der Waals surface area contributed by atoms with E-state index in [-0.39, 0.29) is 11.4 Å². The molecule has 0 unspecified atom stereocenters. The van der Waals surface area contributed by atoms with Gasteiger partial charge < -0.3 is 0 Å². The first kappa shape index (κ1) is 6.25. The van der Waals surface area contributed by atoms with Crippen molar-refractivity contribution in [3.63, 3.8) is 0 Å². The highest BCUT2D eigenvalue weighted by atomic mass is 14.7. The normalized spacial score (nSPS) is 7.80. The lowest BCUT2D eigenvalue weighted by molar-refractivity contribution is 1.21. The van der Waals surface area contributed by atoms with E-state index < -0.39 is 0 Å². The second kappa shape index (κ2) is 2.61. The molecule has 1 rings (SSSR count).